The van der Waals surface area contributed by atoms with E-state index in [1.54, 1.807) is 66.7 Å². The summed E-state index contributed by atoms with van der Waals surface area (Å²) in [7, 11) is 1.44. The summed E-state index contributed by atoms with van der Waals surface area (Å²) in [6.45, 7) is 0. The van der Waals surface area contributed by atoms with Crippen LogP contribution < -0.4 is 15.5 Å². The van der Waals surface area contributed by atoms with Gasteiger partial charge in [-0.15, -0.1) is 0 Å². The number of nitrogens with one attached hydrogen (secondary N) is 2. The lowest BCUT2D eigenvalue weighted by Crippen LogP contribution is -2.18. The van der Waals surface area contributed by atoms with Gasteiger partial charge < -0.3 is 15.2 Å². The highest BCUT2D eigenvalue weighted by molar-refractivity contribution is 6.31. The van der Waals surface area contributed by atoms with Gasteiger partial charge in [-0.2, -0.15) is 5.10 Å². The SMILES string of the molecule is COc1cccc(/C=N\NC(=O)c2ccc(NC(=O)c3cccc(Cl)c3)cc2)c1O. The Bertz CT molecular complexity index is 1100. The van der Waals surface area contributed by atoms with Crippen LogP contribution in [-0.2, 0) is 0 Å². The first-order valence-corrected chi connectivity index (χ1v) is 9.22. The summed E-state index contributed by atoms with van der Waals surface area (Å²) >= 11 is 5.90. The van der Waals surface area contributed by atoms with Crippen molar-refractivity contribution in [3.05, 3.63) is 88.4 Å². The number of carbonyl (C=O) groups is 2. The van der Waals surface area contributed by atoms with Crippen molar-refractivity contribution in [2.24, 2.45) is 5.10 Å². The number of methoxy groups -OCH3 is 1. The molecular formula is C22H18ClN3O4. The molecule has 3 aromatic carbocycles. The number of nitrogens with zero attached hydrogens (tertiary/aromatic N) is 1. The molecule has 0 saturated carbocycles. The summed E-state index contributed by atoms with van der Waals surface area (Å²) < 4.78 is 5.02. The fourth-order valence-electron chi connectivity index (χ4n) is 2.57. The Morgan fingerprint density at radius 1 is 1.00 bits per heavy atom. The number of para-hydroxylation sites is 1. The van der Waals surface area contributed by atoms with Gasteiger partial charge in [0, 0.05) is 27.4 Å². The van der Waals surface area contributed by atoms with Gasteiger partial charge in [-0.25, -0.2) is 5.43 Å². The number of aromatic hydroxyl groups is 1. The molecule has 152 valence electrons. The van der Waals surface area contributed by atoms with Gasteiger partial charge in [-0.1, -0.05) is 23.7 Å². The average molecular weight is 424 g/mol. The van der Waals surface area contributed by atoms with E-state index in [9.17, 15) is 14.7 Å². The van der Waals surface area contributed by atoms with Crippen molar-refractivity contribution in [1.82, 2.24) is 5.43 Å². The van der Waals surface area contributed by atoms with E-state index in [-0.39, 0.29) is 11.7 Å². The molecular weight excluding hydrogens is 406 g/mol. The Kier molecular flexibility index (Phi) is 6.67. The summed E-state index contributed by atoms with van der Waals surface area (Å²) in [5.74, 6) is -0.516. The van der Waals surface area contributed by atoms with E-state index in [4.69, 9.17) is 16.3 Å². The molecule has 0 atom stereocenters. The third-order valence-corrected chi connectivity index (χ3v) is 4.35. The number of anilines is 1. The van der Waals surface area contributed by atoms with Crippen LogP contribution in [0.5, 0.6) is 11.5 Å². The number of phenols is 1. The Balaban J connectivity index is 1.60. The highest BCUT2D eigenvalue weighted by Gasteiger charge is 2.09. The first kappa shape index (κ1) is 20.9. The van der Waals surface area contributed by atoms with Crippen molar-refractivity contribution in [1.29, 1.82) is 0 Å². The molecule has 0 aliphatic heterocycles. The van der Waals surface area contributed by atoms with Gasteiger partial charge in [0.15, 0.2) is 11.5 Å². The molecule has 0 unspecified atom stereocenters. The van der Waals surface area contributed by atoms with Crippen molar-refractivity contribution in [3.8, 4) is 11.5 Å². The van der Waals surface area contributed by atoms with Crippen LogP contribution in [0, 0.1) is 0 Å². The lowest BCUT2D eigenvalue weighted by molar-refractivity contribution is 0.0954. The van der Waals surface area contributed by atoms with E-state index >= 15 is 0 Å². The van der Waals surface area contributed by atoms with Crippen LogP contribution >= 0.6 is 11.6 Å². The number of phenolic OH excluding ortho intramolecular Hbond substituents is 1. The normalized spacial score (nSPS) is 10.6. The molecule has 0 heterocycles. The highest BCUT2D eigenvalue weighted by Crippen LogP contribution is 2.27. The van der Waals surface area contributed by atoms with E-state index < -0.39 is 5.91 Å². The van der Waals surface area contributed by atoms with Gasteiger partial charge >= 0.3 is 0 Å². The van der Waals surface area contributed by atoms with Gasteiger partial charge in [0.25, 0.3) is 11.8 Å². The maximum absolute atomic E-state index is 12.2. The van der Waals surface area contributed by atoms with Crippen LogP contribution in [-0.4, -0.2) is 30.2 Å². The standard InChI is InChI=1S/C22H18ClN3O4/c1-30-19-7-3-5-16(20(19)27)13-24-26-22(29)14-8-10-18(11-9-14)25-21(28)15-4-2-6-17(23)12-15/h2-13,27H,1H3,(H,25,28)(H,26,29)/b24-13-. The molecule has 0 aromatic heterocycles. The van der Waals surface area contributed by atoms with Crippen LogP contribution in [0.1, 0.15) is 26.3 Å². The molecule has 7 nitrogen and oxygen atoms in total. The lowest BCUT2D eigenvalue weighted by Gasteiger charge is -2.07. The van der Waals surface area contributed by atoms with Crippen LogP contribution in [0.15, 0.2) is 71.8 Å². The fourth-order valence-corrected chi connectivity index (χ4v) is 2.76. The molecule has 0 spiro atoms. The van der Waals surface area contributed by atoms with Crippen molar-refractivity contribution in [3.63, 3.8) is 0 Å². The van der Waals surface area contributed by atoms with Crippen molar-refractivity contribution < 1.29 is 19.4 Å². The second-order valence-corrected chi connectivity index (χ2v) is 6.58. The second-order valence-electron chi connectivity index (χ2n) is 6.14. The Hall–Kier alpha value is -3.84. The van der Waals surface area contributed by atoms with Crippen molar-refractivity contribution in [2.45, 2.75) is 0 Å². The predicted octanol–water partition coefficient (Wildman–Crippen LogP) is 4.07. The molecule has 0 aliphatic rings. The lowest BCUT2D eigenvalue weighted by atomic mass is 10.1. The molecule has 3 N–H and O–H groups in total. The van der Waals surface area contributed by atoms with Crippen LogP contribution in [0.25, 0.3) is 0 Å². The molecule has 2 amide bonds. The quantitative estimate of drug-likeness (QED) is 0.411. The maximum Gasteiger partial charge on any atom is 0.271 e. The van der Waals surface area contributed by atoms with E-state index in [1.165, 1.54) is 13.3 Å². The Morgan fingerprint density at radius 3 is 2.43 bits per heavy atom. The zero-order chi connectivity index (χ0) is 21.5. The Morgan fingerprint density at radius 2 is 1.73 bits per heavy atom. The monoisotopic (exact) mass is 423 g/mol. The fraction of sp³-hybridized carbons (Fsp3) is 0.0455. The predicted molar refractivity (Wildman–Crippen MR) is 116 cm³/mol. The number of ether oxygens (including phenoxy) is 1. The zero-order valence-corrected chi connectivity index (χ0v) is 16.7. The molecule has 8 heteroatoms. The van der Waals surface area contributed by atoms with E-state index in [0.717, 1.165) is 0 Å². The van der Waals surface area contributed by atoms with Gasteiger partial charge in [-0.3, -0.25) is 9.59 Å². The smallest absolute Gasteiger partial charge is 0.271 e. The van der Waals surface area contributed by atoms with Gasteiger partial charge in [0.1, 0.15) is 0 Å². The van der Waals surface area contributed by atoms with Crippen LogP contribution in [0.4, 0.5) is 5.69 Å². The third-order valence-electron chi connectivity index (χ3n) is 4.11. The maximum atomic E-state index is 12.2. The largest absolute Gasteiger partial charge is 0.504 e. The summed E-state index contributed by atoms with van der Waals surface area (Å²) in [6.07, 6.45) is 1.31. The first-order chi connectivity index (χ1) is 14.5. The molecule has 0 fully saturated rings. The summed E-state index contributed by atoms with van der Waals surface area (Å²) in [6, 6.07) is 17.9. The summed E-state index contributed by atoms with van der Waals surface area (Å²) in [5.41, 5.74) is 4.09. The molecule has 30 heavy (non-hydrogen) atoms. The number of rotatable bonds is 6. The third kappa shape index (κ3) is 5.15. The molecule has 0 radical (unpaired) electrons. The Labute approximate surface area is 178 Å². The number of hydrogen-bond acceptors (Lipinski definition) is 5. The van der Waals surface area contributed by atoms with Crippen LogP contribution in [0.2, 0.25) is 5.02 Å². The summed E-state index contributed by atoms with van der Waals surface area (Å²) in [4.78, 5) is 24.5. The van der Waals surface area contributed by atoms with Crippen LogP contribution in [0.3, 0.4) is 0 Å². The number of benzene rings is 3. The van der Waals surface area contributed by atoms with Gasteiger partial charge in [0.2, 0.25) is 0 Å². The minimum atomic E-state index is -0.443. The molecule has 0 aliphatic carbocycles. The van der Waals surface area contributed by atoms with Gasteiger partial charge in [-0.05, 0) is 54.6 Å². The van der Waals surface area contributed by atoms with Crippen molar-refractivity contribution >= 4 is 35.3 Å². The van der Waals surface area contributed by atoms with E-state index in [0.29, 0.717) is 33.1 Å². The first-order valence-electron chi connectivity index (χ1n) is 8.84. The van der Waals surface area contributed by atoms with E-state index in [2.05, 4.69) is 15.8 Å². The number of carbonyl (C=O) groups excluding carboxylic acids is 2. The highest BCUT2D eigenvalue weighted by atomic mass is 35.5. The average Bonchev–Trinajstić information content (AvgIpc) is 2.75. The number of hydrazone groups is 1. The number of amides is 2. The molecule has 0 saturated heterocycles. The number of hydrogen-bond donors (Lipinski definition) is 3. The topological polar surface area (TPSA) is 100 Å². The second kappa shape index (κ2) is 9.58. The van der Waals surface area contributed by atoms with Gasteiger partial charge in [0.05, 0.1) is 13.3 Å². The van der Waals surface area contributed by atoms with Crippen molar-refractivity contribution in [2.75, 3.05) is 12.4 Å². The zero-order valence-electron chi connectivity index (χ0n) is 15.9. The molecule has 3 aromatic rings. The minimum absolute atomic E-state index is 0.0715. The summed E-state index contributed by atoms with van der Waals surface area (Å²) in [5, 5.41) is 17.1. The minimum Gasteiger partial charge on any atom is -0.504 e. The number of halogens is 1. The molecule has 3 rings (SSSR count). The molecule has 0 bridgehead atoms. The van der Waals surface area contributed by atoms with E-state index in [1.807, 2.05) is 0 Å².